The molecule has 3 rings (SSSR count). The van der Waals surface area contributed by atoms with Crippen LogP contribution in [0.4, 0.5) is 5.69 Å². The lowest BCUT2D eigenvalue weighted by molar-refractivity contribution is -0.113. The lowest BCUT2D eigenvalue weighted by Crippen LogP contribution is -2.27. The summed E-state index contributed by atoms with van der Waals surface area (Å²) in [6, 6.07) is 13.2. The Kier molecular flexibility index (Phi) is 7.34. The smallest absolute Gasteiger partial charge is 0.270 e. The van der Waals surface area contributed by atoms with Crippen molar-refractivity contribution in [1.29, 1.82) is 0 Å². The first-order chi connectivity index (χ1) is 14.6. The molecule has 1 amide bonds. The molecular formula is C24H21NO3S2. The number of thioether (sulfide) groups is 1. The van der Waals surface area contributed by atoms with Crippen LogP contribution in [-0.4, -0.2) is 23.4 Å². The Balaban J connectivity index is 2.00. The topological polar surface area (TPSA) is 38.8 Å². The van der Waals surface area contributed by atoms with Crippen LogP contribution in [0.3, 0.4) is 0 Å². The molecule has 0 saturated carbocycles. The fourth-order valence-electron chi connectivity index (χ4n) is 3.03. The van der Waals surface area contributed by atoms with E-state index in [0.29, 0.717) is 33.8 Å². The Bertz CT molecular complexity index is 1040. The number of amides is 1. The third-order valence-corrected chi connectivity index (χ3v) is 5.53. The van der Waals surface area contributed by atoms with Crippen molar-refractivity contribution in [3.63, 3.8) is 0 Å². The van der Waals surface area contributed by atoms with Gasteiger partial charge in [0.15, 0.2) is 15.8 Å². The average Bonchev–Trinajstić information content (AvgIpc) is 3.01. The number of thiocarbonyl (C=S) groups is 1. The molecule has 152 valence electrons. The molecule has 0 spiro atoms. The van der Waals surface area contributed by atoms with Gasteiger partial charge in [-0.1, -0.05) is 54.2 Å². The number of ether oxygens (including phenoxy) is 2. The van der Waals surface area contributed by atoms with E-state index in [4.69, 9.17) is 28.1 Å². The van der Waals surface area contributed by atoms with Gasteiger partial charge < -0.3 is 9.47 Å². The maximum atomic E-state index is 13.0. The molecule has 4 nitrogen and oxygen atoms in total. The summed E-state index contributed by atoms with van der Waals surface area (Å²) in [6.07, 6.45) is 9.53. The number of hydrogen-bond donors (Lipinski definition) is 0. The van der Waals surface area contributed by atoms with Gasteiger partial charge in [-0.3, -0.25) is 9.69 Å². The number of para-hydroxylation sites is 1. The second-order valence-electron chi connectivity index (χ2n) is 6.28. The van der Waals surface area contributed by atoms with E-state index in [1.165, 1.54) is 11.8 Å². The molecule has 1 aliphatic rings. The van der Waals surface area contributed by atoms with Crippen LogP contribution in [0.5, 0.6) is 11.5 Å². The summed E-state index contributed by atoms with van der Waals surface area (Å²) in [4.78, 5) is 15.1. The number of carbonyl (C=O) groups is 1. The Morgan fingerprint density at radius 1 is 1.27 bits per heavy atom. The Labute approximate surface area is 186 Å². The van der Waals surface area contributed by atoms with E-state index in [1.54, 1.807) is 11.0 Å². The van der Waals surface area contributed by atoms with Crippen LogP contribution in [0, 0.1) is 12.3 Å². The van der Waals surface area contributed by atoms with E-state index in [1.807, 2.05) is 55.5 Å². The van der Waals surface area contributed by atoms with E-state index in [9.17, 15) is 4.79 Å². The standard InChI is InChI=1S/C24H21NO3S2/c1-4-10-18-14-17(15-20(27-6-3)22(18)28-13-5-2)16-21-23(26)25(24(29)30-21)19-11-8-7-9-12-19/h2,4,7-9,11-12,14-16H,1,6,10,13H2,3H3/b21-16+. The van der Waals surface area contributed by atoms with Gasteiger partial charge in [0, 0.05) is 5.56 Å². The summed E-state index contributed by atoms with van der Waals surface area (Å²) in [5.74, 6) is 3.51. The number of terminal acetylenes is 1. The van der Waals surface area contributed by atoms with Gasteiger partial charge in [0.2, 0.25) is 0 Å². The van der Waals surface area contributed by atoms with Crippen LogP contribution in [0.2, 0.25) is 0 Å². The van der Waals surface area contributed by atoms with Gasteiger partial charge >= 0.3 is 0 Å². The van der Waals surface area contributed by atoms with E-state index in [-0.39, 0.29) is 12.5 Å². The van der Waals surface area contributed by atoms with Crippen LogP contribution in [-0.2, 0) is 11.2 Å². The lowest BCUT2D eigenvalue weighted by atomic mass is 10.0. The molecule has 30 heavy (non-hydrogen) atoms. The van der Waals surface area contributed by atoms with Gasteiger partial charge in [-0.05, 0) is 49.2 Å². The molecule has 1 saturated heterocycles. The first-order valence-electron chi connectivity index (χ1n) is 9.39. The average molecular weight is 436 g/mol. The molecule has 1 heterocycles. The molecular weight excluding hydrogens is 414 g/mol. The summed E-state index contributed by atoms with van der Waals surface area (Å²) >= 11 is 6.72. The normalized spacial score (nSPS) is 14.7. The highest BCUT2D eigenvalue weighted by molar-refractivity contribution is 8.27. The van der Waals surface area contributed by atoms with Crippen molar-refractivity contribution in [1.82, 2.24) is 0 Å². The van der Waals surface area contributed by atoms with E-state index >= 15 is 0 Å². The minimum absolute atomic E-state index is 0.138. The van der Waals surface area contributed by atoms with Gasteiger partial charge in [-0.2, -0.15) is 0 Å². The fourth-order valence-corrected chi connectivity index (χ4v) is 4.33. The molecule has 0 bridgehead atoms. The molecule has 0 aliphatic carbocycles. The lowest BCUT2D eigenvalue weighted by Gasteiger charge is -2.16. The number of anilines is 1. The fraction of sp³-hybridized carbons (Fsp3) is 0.167. The monoisotopic (exact) mass is 435 g/mol. The van der Waals surface area contributed by atoms with Crippen molar-refractivity contribution in [2.75, 3.05) is 18.1 Å². The quantitative estimate of drug-likeness (QED) is 0.246. The van der Waals surface area contributed by atoms with E-state index < -0.39 is 0 Å². The molecule has 2 aromatic rings. The van der Waals surface area contributed by atoms with Gasteiger partial charge in [0.25, 0.3) is 5.91 Å². The van der Waals surface area contributed by atoms with Crippen molar-refractivity contribution in [3.05, 3.63) is 71.2 Å². The molecule has 6 heteroatoms. The number of rotatable bonds is 8. The third kappa shape index (κ3) is 4.76. The zero-order valence-corrected chi connectivity index (χ0v) is 18.2. The molecule has 0 aromatic heterocycles. The summed E-state index contributed by atoms with van der Waals surface area (Å²) in [5, 5.41) is 0. The van der Waals surface area contributed by atoms with E-state index in [0.717, 1.165) is 16.8 Å². The highest BCUT2D eigenvalue weighted by Crippen LogP contribution is 2.38. The SMILES string of the molecule is C#CCOc1c(CC=C)cc(/C=C2/SC(=S)N(c3ccccc3)C2=O)cc1OCC. The van der Waals surface area contributed by atoms with Gasteiger partial charge in [-0.15, -0.1) is 13.0 Å². The second-order valence-corrected chi connectivity index (χ2v) is 7.95. The Hall–Kier alpha value is -3.01. The van der Waals surface area contributed by atoms with Crippen LogP contribution < -0.4 is 14.4 Å². The number of hydrogen-bond acceptors (Lipinski definition) is 5. The number of benzene rings is 2. The first-order valence-corrected chi connectivity index (χ1v) is 10.6. The molecule has 0 unspecified atom stereocenters. The van der Waals surface area contributed by atoms with Crippen LogP contribution in [0.1, 0.15) is 18.1 Å². The summed E-state index contributed by atoms with van der Waals surface area (Å²) < 4.78 is 12.0. The zero-order valence-electron chi connectivity index (χ0n) is 16.6. The molecule has 2 aromatic carbocycles. The maximum absolute atomic E-state index is 13.0. The van der Waals surface area contributed by atoms with Crippen molar-refractivity contribution in [2.45, 2.75) is 13.3 Å². The highest BCUT2D eigenvalue weighted by Gasteiger charge is 2.33. The van der Waals surface area contributed by atoms with Gasteiger partial charge in [-0.25, -0.2) is 0 Å². The highest BCUT2D eigenvalue weighted by atomic mass is 32.2. The summed E-state index contributed by atoms with van der Waals surface area (Å²) in [7, 11) is 0. The van der Waals surface area contributed by atoms with Crippen molar-refractivity contribution >= 4 is 46.0 Å². The van der Waals surface area contributed by atoms with E-state index in [2.05, 4.69) is 12.5 Å². The number of nitrogens with zero attached hydrogens (tertiary/aromatic N) is 1. The number of carbonyl (C=O) groups excluding carboxylic acids is 1. The first kappa shape index (κ1) is 21.7. The largest absolute Gasteiger partial charge is 0.490 e. The van der Waals surface area contributed by atoms with Gasteiger partial charge in [0.05, 0.1) is 17.2 Å². The van der Waals surface area contributed by atoms with Crippen LogP contribution in [0.25, 0.3) is 6.08 Å². The summed E-state index contributed by atoms with van der Waals surface area (Å²) in [6.45, 7) is 6.33. The molecule has 0 atom stereocenters. The molecule has 0 radical (unpaired) electrons. The van der Waals surface area contributed by atoms with Gasteiger partial charge in [0.1, 0.15) is 6.61 Å². The number of allylic oxidation sites excluding steroid dienone is 1. The maximum Gasteiger partial charge on any atom is 0.270 e. The molecule has 1 aliphatic heterocycles. The molecule has 1 fully saturated rings. The van der Waals surface area contributed by atoms with Crippen molar-refractivity contribution in [3.8, 4) is 23.8 Å². The second kappa shape index (κ2) is 10.1. The van der Waals surface area contributed by atoms with Crippen molar-refractivity contribution in [2.24, 2.45) is 0 Å². The van der Waals surface area contributed by atoms with Crippen LogP contribution >= 0.6 is 24.0 Å². The molecule has 0 N–H and O–H groups in total. The van der Waals surface area contributed by atoms with Crippen LogP contribution in [0.15, 0.2) is 60.0 Å². The minimum atomic E-state index is -0.146. The predicted octanol–water partition coefficient (Wildman–Crippen LogP) is 5.23. The minimum Gasteiger partial charge on any atom is -0.490 e. The zero-order chi connectivity index (χ0) is 21.5. The van der Waals surface area contributed by atoms with Crippen molar-refractivity contribution < 1.29 is 14.3 Å². The Morgan fingerprint density at radius 2 is 2.03 bits per heavy atom. The third-order valence-electron chi connectivity index (χ3n) is 4.22. The predicted molar refractivity (Wildman–Crippen MR) is 128 cm³/mol. The summed E-state index contributed by atoms with van der Waals surface area (Å²) in [5.41, 5.74) is 2.46. The Morgan fingerprint density at radius 3 is 2.70 bits per heavy atom.